The Morgan fingerprint density at radius 3 is 2.59 bits per heavy atom. The van der Waals surface area contributed by atoms with Crippen molar-refractivity contribution in [2.24, 2.45) is 0 Å². The van der Waals surface area contributed by atoms with Crippen LogP contribution in [0.2, 0.25) is 0 Å². The Hall–Kier alpha value is -3.37. The third-order valence-corrected chi connectivity index (χ3v) is 4.82. The third-order valence-electron chi connectivity index (χ3n) is 3.89. The molecule has 0 aliphatic carbocycles. The number of nitrogens with zero attached hydrogens (tertiary/aromatic N) is 2. The number of para-hydroxylation sites is 1. The van der Waals surface area contributed by atoms with Crippen LogP contribution in [0.1, 0.15) is 25.1 Å². The minimum atomic E-state index is -0.453. The van der Waals surface area contributed by atoms with Crippen LogP contribution in [0.25, 0.3) is 10.6 Å². The maximum Gasteiger partial charge on any atom is 0.317 e. The number of carbonyl (C=O) groups excluding carboxylic acids is 1. The lowest BCUT2D eigenvalue weighted by atomic mass is 10.2. The van der Waals surface area contributed by atoms with Gasteiger partial charge in [-0.1, -0.05) is 12.1 Å². The van der Waals surface area contributed by atoms with Gasteiger partial charge in [0, 0.05) is 11.4 Å². The first kappa shape index (κ1) is 20.4. The van der Waals surface area contributed by atoms with Crippen LogP contribution in [-0.4, -0.2) is 24.2 Å². The van der Waals surface area contributed by atoms with Gasteiger partial charge in [-0.15, -0.1) is 11.3 Å². The van der Waals surface area contributed by atoms with Crippen LogP contribution < -0.4 is 14.2 Å². The summed E-state index contributed by atoms with van der Waals surface area (Å²) in [6.45, 7) is 4.71. The molecule has 7 heteroatoms. The Morgan fingerprint density at radius 1 is 1.07 bits per heavy atom. The van der Waals surface area contributed by atoms with Crippen LogP contribution in [0, 0.1) is 11.3 Å². The van der Waals surface area contributed by atoms with Crippen LogP contribution in [-0.2, 0) is 11.2 Å². The number of esters is 1. The van der Waals surface area contributed by atoms with E-state index in [9.17, 15) is 4.79 Å². The van der Waals surface area contributed by atoms with Gasteiger partial charge in [0.2, 0.25) is 0 Å². The van der Waals surface area contributed by atoms with Gasteiger partial charge >= 0.3 is 5.97 Å². The van der Waals surface area contributed by atoms with E-state index in [0.717, 1.165) is 16.3 Å². The molecule has 1 aromatic heterocycles. The monoisotopic (exact) mass is 408 g/mol. The highest BCUT2D eigenvalue weighted by Gasteiger charge is 2.15. The smallest absolute Gasteiger partial charge is 0.317 e. The zero-order valence-electron chi connectivity index (χ0n) is 16.2. The molecule has 0 radical (unpaired) electrons. The normalized spacial score (nSPS) is 10.2. The quantitative estimate of drug-likeness (QED) is 0.399. The summed E-state index contributed by atoms with van der Waals surface area (Å²) in [5.41, 5.74) is 1.95. The molecule has 2 aromatic carbocycles. The number of hydrogen-bond acceptors (Lipinski definition) is 7. The van der Waals surface area contributed by atoms with Gasteiger partial charge in [-0.3, -0.25) is 4.79 Å². The molecule has 29 heavy (non-hydrogen) atoms. The molecule has 3 aromatic rings. The van der Waals surface area contributed by atoms with Gasteiger partial charge in [0.25, 0.3) is 0 Å². The molecular weight excluding hydrogens is 388 g/mol. The number of hydrogen-bond donors (Lipinski definition) is 0. The maximum atomic E-state index is 12.4. The molecule has 0 atom stereocenters. The summed E-state index contributed by atoms with van der Waals surface area (Å²) in [6, 6.07) is 14.4. The second kappa shape index (κ2) is 9.71. The molecule has 0 amide bonds. The predicted octanol–water partition coefficient (Wildman–Crippen LogP) is 4.63. The summed E-state index contributed by atoms with van der Waals surface area (Å²) in [7, 11) is 0. The standard InChI is InChI=1S/C22H20N2O4S/c1-3-26-18-8-6-5-7-17(18)22-24-16(14-29-22)12-21(25)28-19-10-9-15(13-23)11-20(19)27-4-2/h5-11,14H,3-4,12H2,1-2H3. The highest BCUT2D eigenvalue weighted by Crippen LogP contribution is 2.33. The number of benzene rings is 2. The Balaban J connectivity index is 1.73. The first-order valence-electron chi connectivity index (χ1n) is 9.18. The topological polar surface area (TPSA) is 81.4 Å². The average Bonchev–Trinajstić information content (AvgIpc) is 3.18. The lowest BCUT2D eigenvalue weighted by Gasteiger charge is -2.10. The molecule has 0 fully saturated rings. The molecule has 6 nitrogen and oxygen atoms in total. The van der Waals surface area contributed by atoms with E-state index in [2.05, 4.69) is 4.98 Å². The Kier molecular flexibility index (Phi) is 6.82. The van der Waals surface area contributed by atoms with Gasteiger partial charge in [0.15, 0.2) is 11.5 Å². The van der Waals surface area contributed by atoms with Crippen molar-refractivity contribution >= 4 is 17.3 Å². The van der Waals surface area contributed by atoms with E-state index in [1.54, 1.807) is 18.2 Å². The van der Waals surface area contributed by atoms with Crippen molar-refractivity contribution in [1.82, 2.24) is 4.98 Å². The van der Waals surface area contributed by atoms with E-state index in [-0.39, 0.29) is 12.2 Å². The predicted molar refractivity (Wildman–Crippen MR) is 110 cm³/mol. The summed E-state index contributed by atoms with van der Waals surface area (Å²) in [4.78, 5) is 17.0. The van der Waals surface area contributed by atoms with Gasteiger partial charge in [-0.2, -0.15) is 5.26 Å². The Bertz CT molecular complexity index is 1040. The van der Waals surface area contributed by atoms with Gasteiger partial charge in [0.05, 0.1) is 42.5 Å². The van der Waals surface area contributed by atoms with E-state index in [4.69, 9.17) is 19.5 Å². The molecule has 148 valence electrons. The minimum Gasteiger partial charge on any atom is -0.493 e. The first-order chi connectivity index (χ1) is 14.1. The van der Waals surface area contributed by atoms with Crippen molar-refractivity contribution in [1.29, 1.82) is 5.26 Å². The summed E-state index contributed by atoms with van der Waals surface area (Å²) in [5.74, 6) is 0.959. The van der Waals surface area contributed by atoms with E-state index in [1.807, 2.05) is 49.6 Å². The van der Waals surface area contributed by atoms with Gasteiger partial charge < -0.3 is 14.2 Å². The molecule has 0 aliphatic rings. The number of carbonyl (C=O) groups is 1. The average molecular weight is 408 g/mol. The van der Waals surface area contributed by atoms with Crippen molar-refractivity contribution in [3.63, 3.8) is 0 Å². The summed E-state index contributed by atoms with van der Waals surface area (Å²) in [6.07, 6.45) is 0.0267. The number of thiazole rings is 1. The Morgan fingerprint density at radius 2 is 1.83 bits per heavy atom. The van der Waals surface area contributed by atoms with Crippen molar-refractivity contribution in [3.8, 4) is 33.9 Å². The zero-order chi connectivity index (χ0) is 20.6. The highest BCUT2D eigenvalue weighted by atomic mass is 32.1. The Labute approximate surface area is 173 Å². The minimum absolute atomic E-state index is 0.0267. The molecule has 0 aliphatic heterocycles. The van der Waals surface area contributed by atoms with E-state index in [1.165, 1.54) is 11.3 Å². The van der Waals surface area contributed by atoms with Crippen LogP contribution in [0.15, 0.2) is 47.8 Å². The molecule has 3 rings (SSSR count). The number of ether oxygens (including phenoxy) is 3. The van der Waals surface area contributed by atoms with E-state index < -0.39 is 5.97 Å². The zero-order valence-corrected chi connectivity index (χ0v) is 17.0. The summed E-state index contributed by atoms with van der Waals surface area (Å²) in [5, 5.41) is 11.6. The summed E-state index contributed by atoms with van der Waals surface area (Å²) >= 11 is 1.45. The van der Waals surface area contributed by atoms with Gasteiger partial charge in [-0.25, -0.2) is 4.98 Å². The number of aromatic nitrogens is 1. The SMILES string of the molecule is CCOc1cc(C#N)ccc1OC(=O)Cc1csc(-c2ccccc2OCC)n1. The molecule has 1 heterocycles. The fraction of sp³-hybridized carbons (Fsp3) is 0.227. The van der Waals surface area contributed by atoms with Crippen LogP contribution in [0.5, 0.6) is 17.2 Å². The van der Waals surface area contributed by atoms with Crippen LogP contribution in [0.4, 0.5) is 0 Å². The van der Waals surface area contributed by atoms with Crippen molar-refractivity contribution in [3.05, 3.63) is 59.1 Å². The number of nitriles is 1. The molecule has 0 spiro atoms. The lowest BCUT2D eigenvalue weighted by Crippen LogP contribution is -2.12. The second-order valence-corrected chi connectivity index (χ2v) is 6.79. The molecular formula is C22H20N2O4S. The second-order valence-electron chi connectivity index (χ2n) is 5.93. The molecule has 0 saturated heterocycles. The fourth-order valence-electron chi connectivity index (χ4n) is 2.67. The number of rotatable bonds is 8. The molecule has 0 N–H and O–H groups in total. The van der Waals surface area contributed by atoms with Crippen molar-refractivity contribution in [2.45, 2.75) is 20.3 Å². The maximum absolute atomic E-state index is 12.4. The fourth-order valence-corrected chi connectivity index (χ4v) is 3.52. The summed E-state index contributed by atoms with van der Waals surface area (Å²) < 4.78 is 16.6. The highest BCUT2D eigenvalue weighted by molar-refractivity contribution is 7.13. The van der Waals surface area contributed by atoms with E-state index in [0.29, 0.717) is 30.2 Å². The molecule has 0 saturated carbocycles. The molecule has 0 bridgehead atoms. The van der Waals surface area contributed by atoms with Gasteiger partial charge in [-0.05, 0) is 38.1 Å². The first-order valence-corrected chi connectivity index (χ1v) is 10.1. The third kappa shape index (κ3) is 5.12. The van der Waals surface area contributed by atoms with Crippen LogP contribution >= 0.6 is 11.3 Å². The van der Waals surface area contributed by atoms with Gasteiger partial charge in [0.1, 0.15) is 10.8 Å². The lowest BCUT2D eigenvalue weighted by molar-refractivity contribution is -0.133. The van der Waals surface area contributed by atoms with E-state index >= 15 is 0 Å². The molecule has 0 unspecified atom stereocenters. The van der Waals surface area contributed by atoms with Crippen molar-refractivity contribution < 1.29 is 19.0 Å². The van der Waals surface area contributed by atoms with Crippen LogP contribution in [0.3, 0.4) is 0 Å². The largest absolute Gasteiger partial charge is 0.493 e. The van der Waals surface area contributed by atoms with Crippen molar-refractivity contribution in [2.75, 3.05) is 13.2 Å².